The second-order valence-electron chi connectivity index (χ2n) is 6.22. The first kappa shape index (κ1) is 14.7. The number of likely N-dealkylation sites (N-methyl/N-ethyl adjacent to an activating group) is 1. The van der Waals surface area contributed by atoms with Crippen molar-refractivity contribution in [2.45, 2.75) is 44.2 Å². The number of aromatic nitrogens is 2. The Morgan fingerprint density at radius 3 is 2.62 bits per heavy atom. The molecule has 0 N–H and O–H groups in total. The lowest BCUT2D eigenvalue weighted by Crippen LogP contribution is -2.53. The van der Waals surface area contributed by atoms with Gasteiger partial charge in [-0.15, -0.1) is 0 Å². The number of likely N-dealkylation sites (tertiary alicyclic amines) is 1. The summed E-state index contributed by atoms with van der Waals surface area (Å²) in [5.74, 6) is 0.874. The number of hydrogen-bond donors (Lipinski definition) is 0. The van der Waals surface area contributed by atoms with Crippen LogP contribution in [0.3, 0.4) is 0 Å². The van der Waals surface area contributed by atoms with Crippen LogP contribution in [0, 0.1) is 0 Å². The summed E-state index contributed by atoms with van der Waals surface area (Å²) in [4.78, 5) is 13.6. The van der Waals surface area contributed by atoms with E-state index in [0.29, 0.717) is 11.6 Å². The van der Waals surface area contributed by atoms with Crippen LogP contribution in [-0.4, -0.2) is 59.8 Å². The summed E-state index contributed by atoms with van der Waals surface area (Å²) in [6, 6.07) is 2.46. The average molecular weight is 290 g/mol. The van der Waals surface area contributed by atoms with Gasteiger partial charge in [0, 0.05) is 43.7 Å². The maximum atomic E-state index is 5.64. The third-order valence-electron chi connectivity index (χ3n) is 5.28. The minimum Gasteiger partial charge on any atom is -0.380 e. The maximum absolute atomic E-state index is 5.64. The van der Waals surface area contributed by atoms with Gasteiger partial charge in [0.05, 0.1) is 6.61 Å². The van der Waals surface area contributed by atoms with Gasteiger partial charge in [-0.2, -0.15) is 0 Å². The van der Waals surface area contributed by atoms with Gasteiger partial charge in [-0.1, -0.05) is 0 Å². The molecule has 5 nitrogen and oxygen atoms in total. The quantitative estimate of drug-likeness (QED) is 0.848. The van der Waals surface area contributed by atoms with Crippen molar-refractivity contribution in [3.05, 3.63) is 18.5 Å². The van der Waals surface area contributed by atoms with E-state index >= 15 is 0 Å². The van der Waals surface area contributed by atoms with Crippen molar-refractivity contribution < 1.29 is 4.74 Å². The highest BCUT2D eigenvalue weighted by atomic mass is 16.5. The van der Waals surface area contributed by atoms with Crippen molar-refractivity contribution in [1.82, 2.24) is 14.9 Å². The van der Waals surface area contributed by atoms with Crippen LogP contribution in [0.15, 0.2) is 18.5 Å². The van der Waals surface area contributed by atoms with E-state index in [9.17, 15) is 0 Å². The second-order valence-corrected chi connectivity index (χ2v) is 6.22. The van der Waals surface area contributed by atoms with Gasteiger partial charge in [0.25, 0.3) is 0 Å². The molecule has 21 heavy (non-hydrogen) atoms. The molecule has 2 fully saturated rings. The topological polar surface area (TPSA) is 41.5 Å². The first-order valence-electron chi connectivity index (χ1n) is 8.08. The fourth-order valence-electron chi connectivity index (χ4n) is 3.82. The molecule has 116 valence electrons. The Balaban J connectivity index is 1.60. The Morgan fingerprint density at radius 2 is 1.95 bits per heavy atom. The molecular formula is C16H26N4O. The number of rotatable bonds is 4. The van der Waals surface area contributed by atoms with Crippen LogP contribution >= 0.6 is 0 Å². The number of ether oxygens (including phenoxy) is 1. The standard InChI is InChI=1S/C16H26N4O/c1-3-21-13-14-5-6-16(19(14)2)7-11-20(12-8-16)15-17-9-4-10-18-15/h4,9-10,14H,3,5-8,11-13H2,1-2H3/t14-/m0/s1. The summed E-state index contributed by atoms with van der Waals surface area (Å²) in [7, 11) is 2.28. The number of hydrogen-bond acceptors (Lipinski definition) is 5. The molecule has 2 aliphatic rings. The number of anilines is 1. The Morgan fingerprint density at radius 1 is 1.24 bits per heavy atom. The molecule has 0 aliphatic carbocycles. The van der Waals surface area contributed by atoms with Gasteiger partial charge in [0.1, 0.15) is 0 Å². The van der Waals surface area contributed by atoms with E-state index in [1.54, 1.807) is 0 Å². The van der Waals surface area contributed by atoms with Crippen LogP contribution in [0.5, 0.6) is 0 Å². The van der Waals surface area contributed by atoms with E-state index in [4.69, 9.17) is 4.74 Å². The predicted octanol–water partition coefficient (Wildman–Crippen LogP) is 1.95. The lowest BCUT2D eigenvalue weighted by atomic mass is 9.85. The van der Waals surface area contributed by atoms with Crippen molar-refractivity contribution in [3.8, 4) is 0 Å². The lowest BCUT2D eigenvalue weighted by molar-refractivity contribution is 0.0461. The van der Waals surface area contributed by atoms with E-state index in [2.05, 4.69) is 33.7 Å². The molecule has 3 rings (SSSR count). The lowest BCUT2D eigenvalue weighted by Gasteiger charge is -2.45. The van der Waals surface area contributed by atoms with E-state index in [1.807, 2.05) is 18.5 Å². The summed E-state index contributed by atoms with van der Waals surface area (Å²) in [6.45, 7) is 5.87. The van der Waals surface area contributed by atoms with Crippen LogP contribution in [-0.2, 0) is 4.74 Å². The summed E-state index contributed by atoms with van der Waals surface area (Å²) < 4.78 is 5.64. The molecule has 1 atom stereocenters. The van der Waals surface area contributed by atoms with Crippen LogP contribution in [0.4, 0.5) is 5.95 Å². The maximum Gasteiger partial charge on any atom is 0.225 e. The first-order valence-corrected chi connectivity index (χ1v) is 8.08. The monoisotopic (exact) mass is 290 g/mol. The smallest absolute Gasteiger partial charge is 0.225 e. The number of nitrogens with zero attached hydrogens (tertiary/aromatic N) is 4. The zero-order valence-electron chi connectivity index (χ0n) is 13.2. The third kappa shape index (κ3) is 2.90. The second kappa shape index (κ2) is 6.28. The molecule has 3 heterocycles. The van der Waals surface area contributed by atoms with E-state index in [1.165, 1.54) is 25.7 Å². The first-order chi connectivity index (χ1) is 10.2. The summed E-state index contributed by atoms with van der Waals surface area (Å²) >= 11 is 0. The summed E-state index contributed by atoms with van der Waals surface area (Å²) in [5.41, 5.74) is 0.368. The van der Waals surface area contributed by atoms with Crippen molar-refractivity contribution in [2.24, 2.45) is 0 Å². The Bertz CT molecular complexity index is 445. The third-order valence-corrected chi connectivity index (χ3v) is 5.28. The van der Waals surface area contributed by atoms with Gasteiger partial charge in [-0.3, -0.25) is 4.90 Å². The average Bonchev–Trinajstić information content (AvgIpc) is 2.84. The van der Waals surface area contributed by atoms with Crippen molar-refractivity contribution in [1.29, 1.82) is 0 Å². The van der Waals surface area contributed by atoms with E-state index < -0.39 is 0 Å². The normalized spacial score (nSPS) is 25.6. The molecule has 0 amide bonds. The van der Waals surface area contributed by atoms with Crippen molar-refractivity contribution in [2.75, 3.05) is 38.3 Å². The molecular weight excluding hydrogens is 264 g/mol. The Kier molecular flexibility index (Phi) is 4.40. The highest BCUT2D eigenvalue weighted by molar-refractivity contribution is 5.30. The Hall–Kier alpha value is -1.20. The van der Waals surface area contributed by atoms with Gasteiger partial charge in [-0.25, -0.2) is 9.97 Å². The van der Waals surface area contributed by atoms with E-state index in [-0.39, 0.29) is 0 Å². The number of piperidine rings is 1. The SMILES string of the molecule is CCOC[C@@H]1CCC2(CCN(c3ncccn3)CC2)N1C. The molecule has 1 aromatic heterocycles. The zero-order chi connectivity index (χ0) is 14.7. The fraction of sp³-hybridized carbons (Fsp3) is 0.750. The van der Waals surface area contributed by atoms with Crippen molar-refractivity contribution >= 4 is 5.95 Å². The zero-order valence-corrected chi connectivity index (χ0v) is 13.2. The summed E-state index contributed by atoms with van der Waals surface area (Å²) in [6.07, 6.45) is 8.61. The van der Waals surface area contributed by atoms with Crippen LogP contribution in [0.2, 0.25) is 0 Å². The molecule has 1 spiro atoms. The molecule has 0 bridgehead atoms. The molecule has 2 aliphatic heterocycles. The minimum atomic E-state index is 0.368. The highest BCUT2D eigenvalue weighted by Gasteiger charge is 2.45. The Labute approximate surface area is 127 Å². The molecule has 0 aromatic carbocycles. The van der Waals surface area contributed by atoms with Crippen LogP contribution in [0.25, 0.3) is 0 Å². The fourth-order valence-corrected chi connectivity index (χ4v) is 3.82. The van der Waals surface area contributed by atoms with E-state index in [0.717, 1.165) is 32.3 Å². The predicted molar refractivity (Wildman–Crippen MR) is 83.5 cm³/mol. The van der Waals surface area contributed by atoms with Crippen LogP contribution < -0.4 is 4.90 Å². The van der Waals surface area contributed by atoms with Gasteiger partial charge in [0.2, 0.25) is 5.95 Å². The molecule has 0 saturated carbocycles. The van der Waals surface area contributed by atoms with Gasteiger partial charge in [0.15, 0.2) is 0 Å². The molecule has 5 heteroatoms. The van der Waals surface area contributed by atoms with Crippen molar-refractivity contribution in [3.63, 3.8) is 0 Å². The highest BCUT2D eigenvalue weighted by Crippen LogP contribution is 2.40. The van der Waals surface area contributed by atoms with Gasteiger partial charge >= 0.3 is 0 Å². The molecule has 2 saturated heterocycles. The minimum absolute atomic E-state index is 0.368. The largest absolute Gasteiger partial charge is 0.380 e. The summed E-state index contributed by atoms with van der Waals surface area (Å²) in [5, 5.41) is 0. The van der Waals surface area contributed by atoms with Gasteiger partial charge in [-0.05, 0) is 45.7 Å². The van der Waals surface area contributed by atoms with Crippen LogP contribution in [0.1, 0.15) is 32.6 Å². The molecule has 0 radical (unpaired) electrons. The molecule has 0 unspecified atom stereocenters. The molecule has 1 aromatic rings. The van der Waals surface area contributed by atoms with Gasteiger partial charge < -0.3 is 9.64 Å².